The summed E-state index contributed by atoms with van der Waals surface area (Å²) in [5.74, 6) is -0.659. The number of rotatable bonds is 8. The van der Waals surface area contributed by atoms with Crippen molar-refractivity contribution in [2.75, 3.05) is 5.75 Å². The van der Waals surface area contributed by atoms with Crippen LogP contribution in [0.5, 0.6) is 0 Å². The number of nitrogens with one attached hydrogen (secondary N) is 1. The molecule has 0 saturated heterocycles. The Balaban J connectivity index is 1.69. The number of thioether (sulfide) groups is 1. The van der Waals surface area contributed by atoms with Crippen LogP contribution in [0.2, 0.25) is 5.02 Å². The van der Waals surface area contributed by atoms with Crippen LogP contribution in [0, 0.1) is 5.82 Å². The van der Waals surface area contributed by atoms with Crippen molar-refractivity contribution in [2.45, 2.75) is 30.9 Å². The summed E-state index contributed by atoms with van der Waals surface area (Å²) in [5, 5.41) is 3.26. The van der Waals surface area contributed by atoms with Crippen molar-refractivity contribution < 1.29 is 18.7 Å². The maximum Gasteiger partial charge on any atom is 0.307 e. The Kier molecular flexibility index (Phi) is 7.94. The lowest BCUT2D eigenvalue weighted by Crippen LogP contribution is -2.35. The number of halogens is 2. The largest absolute Gasteiger partial charge is 0.453 e. The van der Waals surface area contributed by atoms with Gasteiger partial charge < -0.3 is 10.1 Å². The smallest absolute Gasteiger partial charge is 0.307 e. The Morgan fingerprint density at radius 1 is 1.19 bits per heavy atom. The van der Waals surface area contributed by atoms with E-state index in [9.17, 15) is 14.0 Å². The Morgan fingerprint density at radius 2 is 1.88 bits per heavy atom. The molecule has 0 radical (unpaired) electrons. The minimum absolute atomic E-state index is 0.157. The van der Waals surface area contributed by atoms with Gasteiger partial charge in [-0.15, -0.1) is 11.8 Å². The molecule has 0 aliphatic rings. The molecule has 0 spiro atoms. The summed E-state index contributed by atoms with van der Waals surface area (Å²) in [6.45, 7) is 1.79. The first kappa shape index (κ1) is 20.3. The van der Waals surface area contributed by atoms with Crippen molar-refractivity contribution in [2.24, 2.45) is 0 Å². The Labute approximate surface area is 161 Å². The van der Waals surface area contributed by atoms with E-state index in [0.29, 0.717) is 10.8 Å². The SMILES string of the molecule is C[C@@H](OC(=O)CCSc1ccc(F)cc1)C(=O)NCc1ccccc1Cl. The van der Waals surface area contributed by atoms with Gasteiger partial charge in [-0.05, 0) is 42.8 Å². The highest BCUT2D eigenvalue weighted by Gasteiger charge is 2.17. The molecular formula is C19H19ClFNO3S. The van der Waals surface area contributed by atoms with Crippen molar-refractivity contribution in [3.8, 4) is 0 Å². The second kappa shape index (κ2) is 10.2. The predicted octanol–water partition coefficient (Wildman–Crippen LogP) is 4.21. The van der Waals surface area contributed by atoms with Crippen molar-refractivity contribution in [3.05, 3.63) is 64.9 Å². The van der Waals surface area contributed by atoms with Gasteiger partial charge in [-0.1, -0.05) is 29.8 Å². The number of esters is 1. The molecule has 1 N–H and O–H groups in total. The molecule has 2 aromatic rings. The topological polar surface area (TPSA) is 55.4 Å². The first-order valence-corrected chi connectivity index (χ1v) is 9.41. The van der Waals surface area contributed by atoms with E-state index in [1.54, 1.807) is 18.2 Å². The Morgan fingerprint density at radius 3 is 2.58 bits per heavy atom. The lowest BCUT2D eigenvalue weighted by molar-refractivity contribution is -0.154. The molecule has 4 nitrogen and oxygen atoms in total. The average molecular weight is 396 g/mol. The van der Waals surface area contributed by atoms with Gasteiger partial charge in [0.15, 0.2) is 6.10 Å². The average Bonchev–Trinajstić information content (AvgIpc) is 2.62. The quantitative estimate of drug-likeness (QED) is 0.537. The van der Waals surface area contributed by atoms with Crippen LogP contribution in [0.25, 0.3) is 0 Å². The van der Waals surface area contributed by atoms with Gasteiger partial charge in [0, 0.05) is 22.2 Å². The molecule has 0 aliphatic carbocycles. The van der Waals surface area contributed by atoms with Gasteiger partial charge in [-0.25, -0.2) is 4.39 Å². The van der Waals surface area contributed by atoms with E-state index in [-0.39, 0.29) is 24.7 Å². The summed E-state index contributed by atoms with van der Waals surface area (Å²) >= 11 is 7.45. The zero-order chi connectivity index (χ0) is 18.9. The van der Waals surface area contributed by atoms with E-state index in [4.69, 9.17) is 16.3 Å². The van der Waals surface area contributed by atoms with E-state index in [0.717, 1.165) is 10.5 Å². The monoisotopic (exact) mass is 395 g/mol. The van der Waals surface area contributed by atoms with Crippen molar-refractivity contribution >= 4 is 35.2 Å². The van der Waals surface area contributed by atoms with Crippen LogP contribution in [0.15, 0.2) is 53.4 Å². The van der Waals surface area contributed by atoms with Crippen LogP contribution in [0.1, 0.15) is 18.9 Å². The third-order valence-electron chi connectivity index (χ3n) is 3.48. The van der Waals surface area contributed by atoms with E-state index in [1.165, 1.54) is 30.8 Å². The molecule has 0 fully saturated rings. The first-order valence-electron chi connectivity index (χ1n) is 8.04. The van der Waals surface area contributed by atoms with Crippen molar-refractivity contribution in [1.29, 1.82) is 0 Å². The third-order valence-corrected chi connectivity index (χ3v) is 4.86. The van der Waals surface area contributed by atoms with Gasteiger partial charge in [0.25, 0.3) is 5.91 Å². The molecule has 0 aromatic heterocycles. The van der Waals surface area contributed by atoms with Crippen LogP contribution in [-0.2, 0) is 20.9 Å². The molecule has 0 bridgehead atoms. The standard InChI is InChI=1S/C19H19ClFNO3S/c1-13(19(24)22-12-14-4-2-3-5-17(14)20)25-18(23)10-11-26-16-8-6-15(21)7-9-16/h2-9,13H,10-12H2,1H3,(H,22,24)/t13-/m1/s1. The van der Waals surface area contributed by atoms with E-state index < -0.39 is 12.1 Å². The predicted molar refractivity (Wildman–Crippen MR) is 101 cm³/mol. The zero-order valence-electron chi connectivity index (χ0n) is 14.2. The van der Waals surface area contributed by atoms with Crippen LogP contribution in [0.3, 0.4) is 0 Å². The van der Waals surface area contributed by atoms with Crippen molar-refractivity contribution in [1.82, 2.24) is 5.32 Å². The first-order chi connectivity index (χ1) is 12.5. The van der Waals surface area contributed by atoms with E-state index >= 15 is 0 Å². The van der Waals surface area contributed by atoms with Crippen LogP contribution < -0.4 is 5.32 Å². The fourth-order valence-corrected chi connectivity index (χ4v) is 3.10. The van der Waals surface area contributed by atoms with Crippen LogP contribution in [-0.4, -0.2) is 23.7 Å². The Hall–Kier alpha value is -2.05. The summed E-state index contributed by atoms with van der Waals surface area (Å²) < 4.78 is 18.0. The van der Waals surface area contributed by atoms with Gasteiger partial charge in [-0.3, -0.25) is 9.59 Å². The number of hydrogen-bond acceptors (Lipinski definition) is 4. The van der Waals surface area contributed by atoms with Crippen LogP contribution >= 0.6 is 23.4 Å². The molecular weight excluding hydrogens is 377 g/mol. The molecule has 7 heteroatoms. The molecule has 26 heavy (non-hydrogen) atoms. The number of carbonyl (C=O) groups is 2. The third kappa shape index (κ3) is 6.69. The van der Waals surface area contributed by atoms with Gasteiger partial charge in [0.1, 0.15) is 5.82 Å². The lowest BCUT2D eigenvalue weighted by Gasteiger charge is -2.14. The van der Waals surface area contributed by atoms with E-state index in [1.807, 2.05) is 18.2 Å². The molecule has 0 heterocycles. The number of benzene rings is 2. The minimum atomic E-state index is -0.888. The summed E-state index contributed by atoms with van der Waals surface area (Å²) in [4.78, 5) is 24.7. The van der Waals surface area contributed by atoms with Gasteiger partial charge in [0.2, 0.25) is 0 Å². The van der Waals surface area contributed by atoms with Gasteiger partial charge in [0.05, 0.1) is 6.42 Å². The summed E-state index contributed by atoms with van der Waals surface area (Å²) in [7, 11) is 0. The second-order valence-corrected chi connectivity index (χ2v) is 7.07. The minimum Gasteiger partial charge on any atom is -0.453 e. The normalized spacial score (nSPS) is 11.7. The summed E-state index contributed by atoms with van der Waals surface area (Å²) in [6.07, 6.45) is -0.731. The molecule has 138 valence electrons. The van der Waals surface area contributed by atoms with E-state index in [2.05, 4.69) is 5.32 Å². The zero-order valence-corrected chi connectivity index (χ0v) is 15.8. The summed E-state index contributed by atoms with van der Waals surface area (Å²) in [5.41, 5.74) is 0.789. The molecule has 0 aliphatic heterocycles. The molecule has 1 amide bonds. The Bertz CT molecular complexity index is 755. The molecule has 0 unspecified atom stereocenters. The fraction of sp³-hybridized carbons (Fsp3) is 0.263. The van der Waals surface area contributed by atoms with Gasteiger partial charge in [-0.2, -0.15) is 0 Å². The molecule has 2 aromatic carbocycles. The maximum atomic E-state index is 12.8. The molecule has 1 atom stereocenters. The highest BCUT2D eigenvalue weighted by atomic mass is 35.5. The number of amides is 1. The van der Waals surface area contributed by atoms with Gasteiger partial charge >= 0.3 is 5.97 Å². The fourth-order valence-electron chi connectivity index (χ4n) is 2.06. The van der Waals surface area contributed by atoms with Crippen LogP contribution in [0.4, 0.5) is 4.39 Å². The highest BCUT2D eigenvalue weighted by molar-refractivity contribution is 7.99. The number of carbonyl (C=O) groups excluding carboxylic acids is 2. The van der Waals surface area contributed by atoms with Crippen molar-refractivity contribution in [3.63, 3.8) is 0 Å². The number of hydrogen-bond donors (Lipinski definition) is 1. The molecule has 2 rings (SSSR count). The second-order valence-electron chi connectivity index (χ2n) is 5.49. The molecule has 0 saturated carbocycles. The summed E-state index contributed by atoms with van der Waals surface area (Å²) in [6, 6.07) is 13.2. The lowest BCUT2D eigenvalue weighted by atomic mass is 10.2. The number of ether oxygens (including phenoxy) is 1. The maximum absolute atomic E-state index is 12.8. The highest BCUT2D eigenvalue weighted by Crippen LogP contribution is 2.19.